The van der Waals surface area contributed by atoms with Crippen LogP contribution in [0.3, 0.4) is 0 Å². The van der Waals surface area contributed by atoms with Gasteiger partial charge in [0.05, 0.1) is 0 Å². The summed E-state index contributed by atoms with van der Waals surface area (Å²) in [4.78, 5) is 2.47. The molecule has 3 atom stereocenters. The number of rotatable bonds is 4. The molecule has 1 aliphatic heterocycles. The predicted molar refractivity (Wildman–Crippen MR) is 58.8 cm³/mol. The lowest BCUT2D eigenvalue weighted by Gasteiger charge is -2.25. The number of hydrogen-bond donors (Lipinski definition) is 0. The van der Waals surface area contributed by atoms with Crippen LogP contribution >= 0.6 is 0 Å². The Morgan fingerprint density at radius 2 is 2.08 bits per heavy atom. The second-order valence-electron chi connectivity index (χ2n) is 4.94. The third-order valence-corrected chi connectivity index (χ3v) is 3.81. The van der Waals surface area contributed by atoms with Crippen LogP contribution in [0.4, 0.5) is 0 Å². The van der Waals surface area contributed by atoms with Crippen molar-refractivity contribution in [3.63, 3.8) is 0 Å². The molecule has 1 heterocycles. The van der Waals surface area contributed by atoms with Crippen molar-refractivity contribution in [2.45, 2.75) is 40.0 Å². The minimum Gasteiger partial charge on any atom is -0.306 e. The molecule has 0 bridgehead atoms. The Morgan fingerprint density at radius 3 is 2.54 bits per heavy atom. The molecule has 0 N–H and O–H groups in total. The fraction of sp³-hybridized carbons (Fsp3) is 1.00. The zero-order valence-electron chi connectivity index (χ0n) is 9.71. The molecule has 1 nitrogen and oxygen atoms in total. The number of likely N-dealkylation sites (tertiary alicyclic amines) is 1. The molecule has 0 aromatic carbocycles. The monoisotopic (exact) mass is 183 g/mol. The van der Waals surface area contributed by atoms with E-state index in [1.54, 1.807) is 0 Å². The summed E-state index contributed by atoms with van der Waals surface area (Å²) < 4.78 is 0. The molecule has 3 unspecified atom stereocenters. The molecule has 0 amide bonds. The van der Waals surface area contributed by atoms with E-state index in [-0.39, 0.29) is 0 Å². The van der Waals surface area contributed by atoms with Crippen molar-refractivity contribution < 1.29 is 0 Å². The molecule has 1 fully saturated rings. The molecular formula is C12H25N. The highest BCUT2D eigenvalue weighted by Crippen LogP contribution is 2.30. The Hall–Kier alpha value is -0.0400. The van der Waals surface area contributed by atoms with Crippen molar-refractivity contribution in [2.75, 3.05) is 20.1 Å². The molecule has 0 radical (unpaired) electrons. The first-order valence-electron chi connectivity index (χ1n) is 5.83. The lowest BCUT2D eigenvalue weighted by Crippen LogP contribution is -2.22. The van der Waals surface area contributed by atoms with Crippen LogP contribution in [0.2, 0.25) is 0 Å². The van der Waals surface area contributed by atoms with Gasteiger partial charge in [-0.3, -0.25) is 0 Å². The van der Waals surface area contributed by atoms with E-state index < -0.39 is 0 Å². The van der Waals surface area contributed by atoms with E-state index in [9.17, 15) is 0 Å². The maximum Gasteiger partial charge on any atom is 0.000973 e. The van der Waals surface area contributed by atoms with Crippen LogP contribution in [0.25, 0.3) is 0 Å². The van der Waals surface area contributed by atoms with Gasteiger partial charge < -0.3 is 4.90 Å². The standard InChI is InChI=1S/C12H25N/c1-5-6-10(2)11(3)12-7-8-13(4)9-12/h10-12H,5-9H2,1-4H3. The van der Waals surface area contributed by atoms with Crippen molar-refractivity contribution in [2.24, 2.45) is 17.8 Å². The minimum atomic E-state index is 0.918. The first-order chi connectivity index (χ1) is 6.15. The molecule has 78 valence electrons. The average Bonchev–Trinajstić information content (AvgIpc) is 2.51. The zero-order valence-corrected chi connectivity index (χ0v) is 9.71. The molecule has 1 heteroatoms. The van der Waals surface area contributed by atoms with Crippen LogP contribution in [0.5, 0.6) is 0 Å². The normalized spacial score (nSPS) is 29.1. The fourth-order valence-corrected chi connectivity index (χ4v) is 2.58. The van der Waals surface area contributed by atoms with Gasteiger partial charge in [-0.1, -0.05) is 33.6 Å². The summed E-state index contributed by atoms with van der Waals surface area (Å²) in [5.74, 6) is 2.80. The average molecular weight is 183 g/mol. The van der Waals surface area contributed by atoms with Crippen LogP contribution in [0, 0.1) is 17.8 Å². The Balaban J connectivity index is 2.33. The first kappa shape index (κ1) is 11.0. The summed E-state index contributed by atoms with van der Waals surface area (Å²) in [5, 5.41) is 0. The topological polar surface area (TPSA) is 3.24 Å². The van der Waals surface area contributed by atoms with Gasteiger partial charge in [0.25, 0.3) is 0 Å². The van der Waals surface area contributed by atoms with Crippen LogP contribution in [-0.4, -0.2) is 25.0 Å². The summed E-state index contributed by atoms with van der Waals surface area (Å²) >= 11 is 0. The Bertz CT molecular complexity index is 144. The van der Waals surface area contributed by atoms with Gasteiger partial charge in [-0.2, -0.15) is 0 Å². The summed E-state index contributed by atoms with van der Waals surface area (Å²) in [5.41, 5.74) is 0. The maximum absolute atomic E-state index is 2.47. The van der Waals surface area contributed by atoms with Crippen molar-refractivity contribution in [3.8, 4) is 0 Å². The van der Waals surface area contributed by atoms with Gasteiger partial charge in [-0.15, -0.1) is 0 Å². The van der Waals surface area contributed by atoms with Gasteiger partial charge in [-0.25, -0.2) is 0 Å². The lowest BCUT2D eigenvalue weighted by atomic mass is 9.81. The third-order valence-electron chi connectivity index (χ3n) is 3.81. The summed E-state index contributed by atoms with van der Waals surface area (Å²) in [6.45, 7) is 9.81. The van der Waals surface area contributed by atoms with Gasteiger partial charge >= 0.3 is 0 Å². The summed E-state index contributed by atoms with van der Waals surface area (Å²) in [6, 6.07) is 0. The van der Waals surface area contributed by atoms with Crippen molar-refractivity contribution in [1.29, 1.82) is 0 Å². The molecule has 1 saturated heterocycles. The molecule has 0 aliphatic carbocycles. The number of hydrogen-bond acceptors (Lipinski definition) is 1. The lowest BCUT2D eigenvalue weighted by molar-refractivity contribution is 0.248. The second-order valence-corrected chi connectivity index (χ2v) is 4.94. The third kappa shape index (κ3) is 2.98. The molecule has 0 saturated carbocycles. The van der Waals surface area contributed by atoms with Crippen molar-refractivity contribution in [3.05, 3.63) is 0 Å². The highest BCUT2D eigenvalue weighted by molar-refractivity contribution is 4.79. The van der Waals surface area contributed by atoms with Gasteiger partial charge in [-0.05, 0) is 37.8 Å². The fourth-order valence-electron chi connectivity index (χ4n) is 2.58. The molecule has 13 heavy (non-hydrogen) atoms. The highest BCUT2D eigenvalue weighted by atomic mass is 15.1. The molecular weight excluding hydrogens is 158 g/mol. The SMILES string of the molecule is CCCC(C)C(C)C1CCN(C)C1. The van der Waals surface area contributed by atoms with Gasteiger partial charge in [0.15, 0.2) is 0 Å². The van der Waals surface area contributed by atoms with E-state index in [0.717, 1.165) is 17.8 Å². The van der Waals surface area contributed by atoms with Crippen LogP contribution in [0.15, 0.2) is 0 Å². The quantitative estimate of drug-likeness (QED) is 0.647. The van der Waals surface area contributed by atoms with E-state index in [1.807, 2.05) is 0 Å². The second kappa shape index (κ2) is 4.99. The van der Waals surface area contributed by atoms with Crippen molar-refractivity contribution in [1.82, 2.24) is 4.90 Å². The minimum absolute atomic E-state index is 0.918. The molecule has 1 rings (SSSR count). The van der Waals surface area contributed by atoms with Crippen molar-refractivity contribution >= 4 is 0 Å². The smallest absolute Gasteiger partial charge is 0.000973 e. The van der Waals surface area contributed by atoms with E-state index in [0.29, 0.717) is 0 Å². The summed E-state index contributed by atoms with van der Waals surface area (Å²) in [6.07, 6.45) is 4.17. The zero-order chi connectivity index (χ0) is 9.84. The van der Waals surface area contributed by atoms with Crippen LogP contribution < -0.4 is 0 Å². The Morgan fingerprint density at radius 1 is 1.38 bits per heavy atom. The highest BCUT2D eigenvalue weighted by Gasteiger charge is 2.27. The van der Waals surface area contributed by atoms with Gasteiger partial charge in [0.2, 0.25) is 0 Å². The van der Waals surface area contributed by atoms with E-state index in [2.05, 4.69) is 32.7 Å². The predicted octanol–water partition coefficient (Wildman–Crippen LogP) is 3.01. The van der Waals surface area contributed by atoms with E-state index >= 15 is 0 Å². The number of nitrogens with zero attached hydrogens (tertiary/aromatic N) is 1. The largest absolute Gasteiger partial charge is 0.306 e. The summed E-state index contributed by atoms with van der Waals surface area (Å²) in [7, 11) is 2.25. The van der Waals surface area contributed by atoms with Crippen LogP contribution in [-0.2, 0) is 0 Å². The van der Waals surface area contributed by atoms with E-state index in [1.165, 1.54) is 32.4 Å². The maximum atomic E-state index is 2.47. The van der Waals surface area contributed by atoms with Gasteiger partial charge in [0.1, 0.15) is 0 Å². The van der Waals surface area contributed by atoms with Gasteiger partial charge in [0, 0.05) is 6.54 Å². The van der Waals surface area contributed by atoms with E-state index in [4.69, 9.17) is 0 Å². The Kier molecular flexibility index (Phi) is 4.24. The molecule has 0 spiro atoms. The molecule has 0 aromatic heterocycles. The first-order valence-corrected chi connectivity index (χ1v) is 5.83. The Labute approximate surface area is 83.5 Å². The molecule has 0 aromatic rings. The van der Waals surface area contributed by atoms with Crippen LogP contribution in [0.1, 0.15) is 40.0 Å². The molecule has 1 aliphatic rings.